The highest BCUT2D eigenvalue weighted by atomic mass is 32.2. The lowest BCUT2D eigenvalue weighted by Crippen LogP contribution is -2.51. The highest BCUT2D eigenvalue weighted by Gasteiger charge is 2.27. The van der Waals surface area contributed by atoms with Gasteiger partial charge in [-0.05, 0) is 30.3 Å². The molecule has 1 aliphatic rings. The minimum atomic E-state index is -3.70. The zero-order valence-corrected chi connectivity index (χ0v) is 18.0. The molecule has 1 aromatic heterocycles. The molecule has 0 spiro atoms. The molecular formula is C20H23N3O7S. The second kappa shape index (κ2) is 9.31. The monoisotopic (exact) mass is 449 g/mol. The van der Waals surface area contributed by atoms with Crippen molar-refractivity contribution in [2.75, 3.05) is 46.9 Å². The first-order valence-electron chi connectivity index (χ1n) is 9.50. The fourth-order valence-electron chi connectivity index (χ4n) is 3.01. The highest BCUT2D eigenvalue weighted by Crippen LogP contribution is 2.16. The quantitative estimate of drug-likeness (QED) is 0.595. The number of carbonyl (C=O) groups is 3. The Morgan fingerprint density at radius 3 is 2.32 bits per heavy atom. The molecule has 31 heavy (non-hydrogen) atoms. The van der Waals surface area contributed by atoms with Crippen LogP contribution in [0.3, 0.4) is 0 Å². The highest BCUT2D eigenvalue weighted by molar-refractivity contribution is 7.89. The van der Waals surface area contributed by atoms with E-state index in [9.17, 15) is 22.8 Å². The Hall–Kier alpha value is -3.18. The lowest BCUT2D eigenvalue weighted by atomic mass is 10.2. The van der Waals surface area contributed by atoms with Crippen LogP contribution < -0.4 is 0 Å². The largest absolute Gasteiger partial charge is 0.459 e. The van der Waals surface area contributed by atoms with E-state index in [1.54, 1.807) is 17.0 Å². The molecule has 1 fully saturated rings. The summed E-state index contributed by atoms with van der Waals surface area (Å²) in [5.74, 6) is -1.19. The van der Waals surface area contributed by atoms with Crippen molar-refractivity contribution >= 4 is 27.8 Å². The predicted octanol–water partition coefficient (Wildman–Crippen LogP) is 0.671. The van der Waals surface area contributed by atoms with Crippen molar-refractivity contribution in [1.82, 2.24) is 14.1 Å². The number of ether oxygens (including phenoxy) is 1. The first-order valence-corrected chi connectivity index (χ1v) is 10.9. The van der Waals surface area contributed by atoms with Gasteiger partial charge in [-0.3, -0.25) is 9.59 Å². The third kappa shape index (κ3) is 5.12. The third-order valence-corrected chi connectivity index (χ3v) is 6.64. The number of carbonyl (C=O) groups excluding carboxylic acids is 3. The average Bonchev–Trinajstić information content (AvgIpc) is 3.31. The van der Waals surface area contributed by atoms with E-state index in [4.69, 9.17) is 9.15 Å². The first-order chi connectivity index (χ1) is 14.7. The van der Waals surface area contributed by atoms with Gasteiger partial charge in [-0.2, -0.15) is 0 Å². The fraction of sp³-hybridized carbons (Fsp3) is 0.350. The van der Waals surface area contributed by atoms with Gasteiger partial charge in [0, 0.05) is 40.3 Å². The molecule has 0 aliphatic carbocycles. The van der Waals surface area contributed by atoms with Crippen LogP contribution in [-0.2, 0) is 19.6 Å². The number of sulfonamides is 1. The summed E-state index contributed by atoms with van der Waals surface area (Å²) in [5, 5.41) is 0. The number of hydrogen-bond acceptors (Lipinski definition) is 7. The molecule has 2 aromatic rings. The Labute approximate surface area is 180 Å². The Morgan fingerprint density at radius 1 is 1.03 bits per heavy atom. The molecule has 0 radical (unpaired) electrons. The molecule has 0 N–H and O–H groups in total. The molecule has 2 heterocycles. The zero-order chi connectivity index (χ0) is 22.6. The van der Waals surface area contributed by atoms with Crippen molar-refractivity contribution in [2.24, 2.45) is 0 Å². The van der Waals surface area contributed by atoms with Crippen LogP contribution in [0.2, 0.25) is 0 Å². The molecule has 166 valence electrons. The summed E-state index contributed by atoms with van der Waals surface area (Å²) in [4.78, 5) is 40.0. The van der Waals surface area contributed by atoms with E-state index in [2.05, 4.69) is 0 Å². The first kappa shape index (κ1) is 22.5. The maximum atomic E-state index is 12.4. The summed E-state index contributed by atoms with van der Waals surface area (Å²) in [6, 6.07) is 8.65. The summed E-state index contributed by atoms with van der Waals surface area (Å²) >= 11 is 0. The van der Waals surface area contributed by atoms with Crippen LogP contribution in [0.15, 0.2) is 52.0 Å². The van der Waals surface area contributed by atoms with E-state index in [0.29, 0.717) is 26.2 Å². The third-order valence-electron chi connectivity index (χ3n) is 4.83. The van der Waals surface area contributed by atoms with Crippen LogP contribution >= 0.6 is 0 Å². The van der Waals surface area contributed by atoms with Crippen molar-refractivity contribution in [3.8, 4) is 0 Å². The standard InChI is InChI=1S/C20H23N3O7S/c1-21(2)31(27,28)16-6-3-5-15(13-16)20(26)30-14-18(24)22-8-10-23(11-9-22)19(25)17-7-4-12-29-17/h3-7,12-13H,8-11,14H2,1-2H3. The Morgan fingerprint density at radius 2 is 1.71 bits per heavy atom. The second-order valence-corrected chi connectivity index (χ2v) is 9.19. The van der Waals surface area contributed by atoms with Gasteiger partial charge in [0.2, 0.25) is 10.0 Å². The van der Waals surface area contributed by atoms with E-state index >= 15 is 0 Å². The number of furan rings is 1. The maximum Gasteiger partial charge on any atom is 0.338 e. The normalized spacial score (nSPS) is 14.5. The van der Waals surface area contributed by atoms with Gasteiger partial charge in [0.05, 0.1) is 16.7 Å². The summed E-state index contributed by atoms with van der Waals surface area (Å²) < 4.78 is 35.6. The lowest BCUT2D eigenvalue weighted by Gasteiger charge is -2.34. The molecule has 0 atom stereocenters. The van der Waals surface area contributed by atoms with Gasteiger partial charge < -0.3 is 19.0 Å². The minimum Gasteiger partial charge on any atom is -0.459 e. The molecule has 3 rings (SSSR count). The summed E-state index contributed by atoms with van der Waals surface area (Å²) in [6.45, 7) is 0.807. The maximum absolute atomic E-state index is 12.4. The van der Waals surface area contributed by atoms with Gasteiger partial charge in [0.15, 0.2) is 12.4 Å². The van der Waals surface area contributed by atoms with Gasteiger partial charge in [0.25, 0.3) is 11.8 Å². The van der Waals surface area contributed by atoms with Crippen LogP contribution in [0, 0.1) is 0 Å². The smallest absolute Gasteiger partial charge is 0.338 e. The molecule has 11 heteroatoms. The second-order valence-electron chi connectivity index (χ2n) is 7.04. The molecule has 1 saturated heterocycles. The fourth-order valence-corrected chi connectivity index (χ4v) is 3.96. The van der Waals surface area contributed by atoms with Gasteiger partial charge >= 0.3 is 5.97 Å². The van der Waals surface area contributed by atoms with E-state index < -0.39 is 28.5 Å². The van der Waals surface area contributed by atoms with Gasteiger partial charge in [0.1, 0.15) is 0 Å². The molecule has 0 bridgehead atoms. The summed E-state index contributed by atoms with van der Waals surface area (Å²) in [5.41, 5.74) is 0.0320. The zero-order valence-electron chi connectivity index (χ0n) is 17.2. The molecule has 0 unspecified atom stereocenters. The summed E-state index contributed by atoms with van der Waals surface area (Å²) in [6.07, 6.45) is 1.42. The number of nitrogens with zero attached hydrogens (tertiary/aromatic N) is 3. The predicted molar refractivity (Wildman–Crippen MR) is 109 cm³/mol. The Balaban J connectivity index is 1.52. The van der Waals surface area contributed by atoms with Crippen molar-refractivity contribution < 1.29 is 32.0 Å². The van der Waals surface area contributed by atoms with Crippen LogP contribution in [0.4, 0.5) is 0 Å². The van der Waals surface area contributed by atoms with E-state index in [-0.39, 0.29) is 22.1 Å². The van der Waals surface area contributed by atoms with Gasteiger partial charge in [-0.25, -0.2) is 17.5 Å². The van der Waals surface area contributed by atoms with Crippen molar-refractivity contribution in [1.29, 1.82) is 0 Å². The number of benzene rings is 1. The van der Waals surface area contributed by atoms with E-state index in [1.807, 2.05) is 0 Å². The average molecular weight is 449 g/mol. The summed E-state index contributed by atoms with van der Waals surface area (Å²) in [7, 11) is -0.919. The SMILES string of the molecule is CN(C)S(=O)(=O)c1cccc(C(=O)OCC(=O)N2CCN(C(=O)c3ccco3)CC2)c1. The van der Waals surface area contributed by atoms with Crippen molar-refractivity contribution in [3.05, 3.63) is 54.0 Å². The van der Waals surface area contributed by atoms with Crippen LogP contribution in [-0.4, -0.2) is 87.2 Å². The Bertz CT molecular complexity index is 1060. The van der Waals surface area contributed by atoms with Crippen LogP contribution in [0.5, 0.6) is 0 Å². The van der Waals surface area contributed by atoms with E-state index in [0.717, 1.165) is 4.31 Å². The van der Waals surface area contributed by atoms with Crippen LogP contribution in [0.25, 0.3) is 0 Å². The lowest BCUT2D eigenvalue weighted by molar-refractivity contribution is -0.136. The minimum absolute atomic E-state index is 0.0320. The Kier molecular flexibility index (Phi) is 6.76. The number of esters is 1. The molecule has 10 nitrogen and oxygen atoms in total. The molecular weight excluding hydrogens is 426 g/mol. The number of rotatable bonds is 6. The molecule has 0 saturated carbocycles. The van der Waals surface area contributed by atoms with Gasteiger partial charge in [-0.15, -0.1) is 0 Å². The van der Waals surface area contributed by atoms with Crippen molar-refractivity contribution in [3.63, 3.8) is 0 Å². The number of amides is 2. The number of hydrogen-bond donors (Lipinski definition) is 0. The molecule has 2 amide bonds. The molecule has 1 aromatic carbocycles. The molecule has 1 aliphatic heterocycles. The van der Waals surface area contributed by atoms with Crippen LogP contribution in [0.1, 0.15) is 20.9 Å². The topological polar surface area (TPSA) is 117 Å². The van der Waals surface area contributed by atoms with Crippen molar-refractivity contribution in [2.45, 2.75) is 4.90 Å². The van der Waals surface area contributed by atoms with Gasteiger partial charge in [-0.1, -0.05) is 6.07 Å². The van der Waals surface area contributed by atoms with E-state index in [1.165, 1.54) is 49.5 Å². The number of piperazine rings is 1.